The third-order valence-electron chi connectivity index (χ3n) is 4.77. The average molecular weight is 469 g/mol. The number of benzene rings is 1. The Hall–Kier alpha value is -2.82. The number of aromatic nitrogens is 2. The number of hydrogen-bond acceptors (Lipinski definition) is 7. The van der Waals surface area contributed by atoms with Gasteiger partial charge in [-0.25, -0.2) is 4.98 Å². The van der Waals surface area contributed by atoms with Gasteiger partial charge in [-0.2, -0.15) is 13.2 Å². The molecule has 0 radical (unpaired) electrons. The topological polar surface area (TPSA) is 93.7 Å². The molecule has 1 atom stereocenters. The predicted molar refractivity (Wildman–Crippen MR) is 115 cm³/mol. The van der Waals surface area contributed by atoms with E-state index in [1.54, 1.807) is 26.0 Å². The van der Waals surface area contributed by atoms with Gasteiger partial charge in [0.2, 0.25) is 16.9 Å². The van der Waals surface area contributed by atoms with Crippen molar-refractivity contribution < 1.29 is 27.8 Å². The summed E-state index contributed by atoms with van der Waals surface area (Å²) in [7, 11) is 0. The fourth-order valence-corrected chi connectivity index (χ4v) is 4.04. The molecule has 1 aliphatic heterocycles. The van der Waals surface area contributed by atoms with Gasteiger partial charge in [-0.05, 0) is 31.5 Å². The molecule has 0 saturated carbocycles. The van der Waals surface area contributed by atoms with Gasteiger partial charge >= 0.3 is 6.61 Å². The number of carbonyl (C=O) groups is 2. The van der Waals surface area contributed by atoms with Crippen LogP contribution in [-0.2, 0) is 9.59 Å². The number of rotatable bonds is 9. The van der Waals surface area contributed by atoms with E-state index in [-0.39, 0.29) is 54.2 Å². The molecular weight excluding hydrogens is 442 g/mol. The number of carbonyl (C=O) groups excluding carboxylic acids is 2. The summed E-state index contributed by atoms with van der Waals surface area (Å²) in [5.74, 6) is 0.231. The van der Waals surface area contributed by atoms with E-state index in [1.165, 1.54) is 11.0 Å². The smallest absolute Gasteiger partial charge is 0.387 e. The summed E-state index contributed by atoms with van der Waals surface area (Å²) in [6.07, 6.45) is -0.0352. The number of alkyl halides is 2. The minimum Gasteiger partial charge on any atom is -0.487 e. The molecule has 32 heavy (non-hydrogen) atoms. The molecule has 1 unspecified atom stereocenters. The van der Waals surface area contributed by atoms with Crippen molar-refractivity contribution >= 4 is 28.5 Å². The molecule has 1 N–H and O–H groups in total. The Morgan fingerprint density at radius 1 is 1.25 bits per heavy atom. The predicted octanol–water partition coefficient (Wildman–Crippen LogP) is 4.00. The summed E-state index contributed by atoms with van der Waals surface area (Å²) < 4.78 is 39.7. The highest BCUT2D eigenvalue weighted by Crippen LogP contribution is 2.36. The molecule has 174 valence electrons. The number of amides is 2. The first kappa shape index (κ1) is 23.8. The van der Waals surface area contributed by atoms with Crippen molar-refractivity contribution in [3.05, 3.63) is 29.6 Å². The first-order chi connectivity index (χ1) is 15.1. The van der Waals surface area contributed by atoms with Crippen LogP contribution in [-0.4, -0.2) is 51.9 Å². The van der Waals surface area contributed by atoms with Crippen molar-refractivity contribution in [2.75, 3.05) is 18.4 Å². The maximum absolute atomic E-state index is 12.7. The normalized spacial score (nSPS) is 16.3. The SMILES string of the molecule is CC(C)Oc1cc(C2CC(=O)N(CC(=O)Nc3nc(C(C)C)ns3)C2)ccc1OC(F)F. The number of likely N-dealkylation sites (tertiary alicyclic amines) is 1. The summed E-state index contributed by atoms with van der Waals surface area (Å²) in [6, 6.07) is 4.68. The van der Waals surface area contributed by atoms with E-state index >= 15 is 0 Å². The van der Waals surface area contributed by atoms with Gasteiger partial charge in [0.1, 0.15) is 5.82 Å². The number of ether oxygens (including phenoxy) is 2. The van der Waals surface area contributed by atoms with Gasteiger partial charge < -0.3 is 14.4 Å². The zero-order valence-electron chi connectivity index (χ0n) is 18.3. The number of halogens is 2. The van der Waals surface area contributed by atoms with Crippen molar-refractivity contribution in [1.82, 2.24) is 14.3 Å². The molecule has 2 heterocycles. The van der Waals surface area contributed by atoms with Crippen molar-refractivity contribution in [3.63, 3.8) is 0 Å². The van der Waals surface area contributed by atoms with E-state index < -0.39 is 6.61 Å². The highest BCUT2D eigenvalue weighted by Gasteiger charge is 2.32. The number of nitrogens with one attached hydrogen (secondary N) is 1. The van der Waals surface area contributed by atoms with E-state index in [2.05, 4.69) is 19.4 Å². The summed E-state index contributed by atoms with van der Waals surface area (Å²) in [4.78, 5) is 30.6. The van der Waals surface area contributed by atoms with Crippen LogP contribution in [0.1, 0.15) is 57.3 Å². The Bertz CT molecular complexity index is 967. The molecule has 1 saturated heterocycles. The molecule has 1 fully saturated rings. The van der Waals surface area contributed by atoms with E-state index in [0.29, 0.717) is 17.5 Å². The lowest BCUT2D eigenvalue weighted by Crippen LogP contribution is -2.34. The Balaban J connectivity index is 1.65. The molecule has 2 aromatic rings. The molecule has 1 aliphatic rings. The maximum atomic E-state index is 12.7. The van der Waals surface area contributed by atoms with Crippen LogP contribution in [0.5, 0.6) is 11.5 Å². The van der Waals surface area contributed by atoms with Crippen LogP contribution in [0.4, 0.5) is 13.9 Å². The van der Waals surface area contributed by atoms with Gasteiger partial charge in [0.25, 0.3) is 0 Å². The molecule has 1 aromatic heterocycles. The summed E-state index contributed by atoms with van der Waals surface area (Å²) in [6.45, 7) is 4.73. The molecule has 3 rings (SSSR count). The Morgan fingerprint density at radius 3 is 2.62 bits per heavy atom. The fraction of sp³-hybridized carbons (Fsp3) is 0.524. The molecule has 2 amide bonds. The van der Waals surface area contributed by atoms with Gasteiger partial charge in [-0.3, -0.25) is 14.9 Å². The molecule has 0 spiro atoms. The molecule has 0 bridgehead atoms. The van der Waals surface area contributed by atoms with Crippen LogP contribution < -0.4 is 14.8 Å². The lowest BCUT2D eigenvalue weighted by molar-refractivity contribution is -0.131. The minimum atomic E-state index is -2.97. The van der Waals surface area contributed by atoms with E-state index in [9.17, 15) is 18.4 Å². The molecular formula is C21H26F2N4O4S. The van der Waals surface area contributed by atoms with E-state index in [1.807, 2.05) is 13.8 Å². The van der Waals surface area contributed by atoms with Gasteiger partial charge in [0, 0.05) is 36.3 Å². The molecule has 8 nitrogen and oxygen atoms in total. The second kappa shape index (κ2) is 10.2. The largest absolute Gasteiger partial charge is 0.487 e. The molecule has 1 aromatic carbocycles. The summed E-state index contributed by atoms with van der Waals surface area (Å²) >= 11 is 1.10. The zero-order chi connectivity index (χ0) is 23.4. The van der Waals surface area contributed by atoms with Crippen molar-refractivity contribution in [3.8, 4) is 11.5 Å². The van der Waals surface area contributed by atoms with Crippen LogP contribution >= 0.6 is 11.5 Å². The number of nitrogens with zero attached hydrogens (tertiary/aromatic N) is 3. The third kappa shape index (κ3) is 6.12. The second-order valence-electron chi connectivity index (χ2n) is 8.09. The van der Waals surface area contributed by atoms with Crippen LogP contribution in [0, 0.1) is 0 Å². The van der Waals surface area contributed by atoms with Gasteiger partial charge in [0.15, 0.2) is 11.5 Å². The standard InChI is InChI=1S/C21H26F2N4O4S/c1-11(2)19-25-21(32-26-19)24-17(28)10-27-9-14(8-18(27)29)13-5-6-15(31-20(22)23)16(7-13)30-12(3)4/h5-7,11-12,14,20H,8-10H2,1-4H3,(H,24,25,26,28). The number of hydrogen-bond donors (Lipinski definition) is 1. The lowest BCUT2D eigenvalue weighted by Gasteiger charge is -2.18. The molecule has 11 heteroatoms. The van der Waals surface area contributed by atoms with E-state index in [0.717, 1.165) is 17.1 Å². The monoisotopic (exact) mass is 468 g/mol. The van der Waals surface area contributed by atoms with E-state index in [4.69, 9.17) is 4.74 Å². The summed E-state index contributed by atoms with van der Waals surface area (Å²) in [5.41, 5.74) is 0.754. The molecule has 0 aliphatic carbocycles. The Labute approximate surface area is 189 Å². The van der Waals surface area contributed by atoms with Crippen LogP contribution in [0.15, 0.2) is 18.2 Å². The van der Waals surface area contributed by atoms with Crippen molar-refractivity contribution in [2.45, 2.75) is 58.7 Å². The summed E-state index contributed by atoms with van der Waals surface area (Å²) in [5, 5.41) is 3.08. The van der Waals surface area contributed by atoms with Crippen molar-refractivity contribution in [1.29, 1.82) is 0 Å². The fourth-order valence-electron chi connectivity index (χ4n) is 3.32. The van der Waals surface area contributed by atoms with Gasteiger partial charge in [0.05, 0.1) is 12.6 Å². The number of anilines is 1. The van der Waals surface area contributed by atoms with Crippen molar-refractivity contribution in [2.24, 2.45) is 0 Å². The zero-order valence-corrected chi connectivity index (χ0v) is 19.1. The quantitative estimate of drug-likeness (QED) is 0.598. The minimum absolute atomic E-state index is 0.0594. The first-order valence-corrected chi connectivity index (χ1v) is 11.1. The lowest BCUT2D eigenvalue weighted by atomic mass is 9.98. The second-order valence-corrected chi connectivity index (χ2v) is 8.84. The van der Waals surface area contributed by atoms with Gasteiger partial charge in [-0.1, -0.05) is 19.9 Å². The Kier molecular flexibility index (Phi) is 7.60. The highest BCUT2D eigenvalue weighted by atomic mass is 32.1. The maximum Gasteiger partial charge on any atom is 0.387 e. The van der Waals surface area contributed by atoms with Crippen LogP contribution in [0.2, 0.25) is 0 Å². The third-order valence-corrected chi connectivity index (χ3v) is 5.42. The van der Waals surface area contributed by atoms with Crippen LogP contribution in [0.25, 0.3) is 0 Å². The average Bonchev–Trinajstić information content (AvgIpc) is 3.29. The highest BCUT2D eigenvalue weighted by molar-refractivity contribution is 7.09. The first-order valence-electron chi connectivity index (χ1n) is 10.3. The van der Waals surface area contributed by atoms with Crippen LogP contribution in [0.3, 0.4) is 0 Å². The van der Waals surface area contributed by atoms with Gasteiger partial charge in [-0.15, -0.1) is 0 Å². The Morgan fingerprint density at radius 2 is 2.00 bits per heavy atom.